The van der Waals surface area contributed by atoms with Crippen LogP contribution in [-0.4, -0.2) is 16.0 Å². The smallest absolute Gasteiger partial charge is 0.136 e. The molecule has 17 heavy (non-hydrogen) atoms. The van der Waals surface area contributed by atoms with E-state index in [1.165, 1.54) is 19.3 Å². The Balaban J connectivity index is 2.17. The minimum Gasteiger partial charge on any atom is -0.389 e. The second-order valence-corrected chi connectivity index (χ2v) is 5.28. The number of pyridine rings is 1. The van der Waals surface area contributed by atoms with Crippen molar-refractivity contribution in [3.8, 4) is 0 Å². The van der Waals surface area contributed by atoms with Crippen molar-refractivity contribution in [2.45, 2.75) is 39.2 Å². The zero-order valence-corrected chi connectivity index (χ0v) is 11.2. The summed E-state index contributed by atoms with van der Waals surface area (Å²) in [4.78, 5) is 4.90. The number of thiocarbonyl (C=S) groups is 1. The normalized spacial score (nSPS) is 17.3. The van der Waals surface area contributed by atoms with Gasteiger partial charge in [-0.3, -0.25) is 0 Å². The maximum atomic E-state index is 5.71. The zero-order valence-electron chi connectivity index (χ0n) is 10.4. The second-order valence-electron chi connectivity index (χ2n) is 4.84. The molecule has 92 valence electrons. The largest absolute Gasteiger partial charge is 0.389 e. The molecule has 0 radical (unpaired) electrons. The van der Waals surface area contributed by atoms with Gasteiger partial charge in [0.25, 0.3) is 0 Å². The molecule has 1 aromatic rings. The highest BCUT2D eigenvalue weighted by atomic mass is 32.1. The fourth-order valence-corrected chi connectivity index (χ4v) is 2.30. The lowest BCUT2D eigenvalue weighted by molar-refractivity contribution is 0.285. The number of rotatable bonds is 4. The van der Waals surface area contributed by atoms with Gasteiger partial charge in [0.15, 0.2) is 0 Å². The summed E-state index contributed by atoms with van der Waals surface area (Å²) in [6.45, 7) is 4.18. The molecule has 2 rings (SSSR count). The van der Waals surface area contributed by atoms with Crippen LogP contribution in [0.1, 0.15) is 37.4 Å². The van der Waals surface area contributed by atoms with Gasteiger partial charge in [-0.05, 0) is 44.7 Å². The number of nitrogens with zero attached hydrogens (tertiary/aromatic N) is 1. The van der Waals surface area contributed by atoms with E-state index in [2.05, 4.69) is 17.2 Å². The second kappa shape index (κ2) is 5.00. The third-order valence-electron chi connectivity index (χ3n) is 3.52. The molecule has 1 atom stereocenters. The molecule has 0 aliphatic heterocycles. The molecule has 1 aliphatic carbocycles. The van der Waals surface area contributed by atoms with Crippen LogP contribution in [0, 0.1) is 12.8 Å². The van der Waals surface area contributed by atoms with Gasteiger partial charge in [-0.15, -0.1) is 0 Å². The third-order valence-corrected chi connectivity index (χ3v) is 3.74. The Labute approximate surface area is 108 Å². The van der Waals surface area contributed by atoms with Crippen molar-refractivity contribution >= 4 is 23.0 Å². The number of nitrogens with two attached hydrogens (primary N) is 1. The minimum atomic E-state index is 0.404. The number of hydrogen-bond acceptors (Lipinski definition) is 3. The molecule has 0 spiro atoms. The summed E-state index contributed by atoms with van der Waals surface area (Å²) < 4.78 is 0. The molecule has 4 heteroatoms. The van der Waals surface area contributed by atoms with Gasteiger partial charge in [0.05, 0.1) is 5.56 Å². The van der Waals surface area contributed by atoms with E-state index < -0.39 is 0 Å². The van der Waals surface area contributed by atoms with Gasteiger partial charge in [0.2, 0.25) is 0 Å². The van der Waals surface area contributed by atoms with E-state index in [4.69, 9.17) is 18.0 Å². The Hall–Kier alpha value is -1.16. The van der Waals surface area contributed by atoms with E-state index >= 15 is 0 Å². The summed E-state index contributed by atoms with van der Waals surface area (Å²) >= 11 is 5.05. The number of hydrogen-bond donors (Lipinski definition) is 2. The molecule has 1 heterocycles. The summed E-state index contributed by atoms with van der Waals surface area (Å²) in [7, 11) is 0. The standard InChI is InChI=1S/C13H19N3S/c1-8-6-7-11(12(14)17)13(15-8)16-9(2)10-4-3-5-10/h6-7,9-10H,3-5H2,1-2H3,(H2,14,17)(H,15,16). The van der Waals surface area contributed by atoms with E-state index in [1.54, 1.807) is 0 Å². The van der Waals surface area contributed by atoms with E-state index in [0.29, 0.717) is 11.0 Å². The van der Waals surface area contributed by atoms with Gasteiger partial charge in [0, 0.05) is 11.7 Å². The van der Waals surface area contributed by atoms with Crippen molar-refractivity contribution < 1.29 is 0 Å². The summed E-state index contributed by atoms with van der Waals surface area (Å²) in [6, 6.07) is 4.32. The van der Waals surface area contributed by atoms with E-state index in [0.717, 1.165) is 23.0 Å². The molecule has 0 saturated heterocycles. The SMILES string of the molecule is Cc1ccc(C(N)=S)c(NC(C)C2CCC2)n1. The van der Waals surface area contributed by atoms with Crippen LogP contribution in [0.4, 0.5) is 5.82 Å². The fourth-order valence-electron chi connectivity index (χ4n) is 2.14. The summed E-state index contributed by atoms with van der Waals surface area (Å²) in [5.74, 6) is 1.59. The maximum Gasteiger partial charge on any atom is 0.136 e. The van der Waals surface area contributed by atoms with Crippen molar-refractivity contribution in [1.82, 2.24) is 4.98 Å². The lowest BCUT2D eigenvalue weighted by Crippen LogP contribution is -2.32. The highest BCUT2D eigenvalue weighted by molar-refractivity contribution is 7.80. The molecule has 0 bridgehead atoms. The number of aromatic nitrogens is 1. The van der Waals surface area contributed by atoms with Crippen LogP contribution in [0.5, 0.6) is 0 Å². The monoisotopic (exact) mass is 249 g/mol. The number of nitrogens with one attached hydrogen (secondary N) is 1. The Kier molecular flexibility index (Phi) is 3.62. The number of aryl methyl sites for hydroxylation is 1. The molecular weight excluding hydrogens is 230 g/mol. The average Bonchev–Trinajstić information content (AvgIpc) is 2.13. The molecule has 1 aliphatic rings. The van der Waals surface area contributed by atoms with Gasteiger partial charge in [-0.25, -0.2) is 4.98 Å². The van der Waals surface area contributed by atoms with Crippen molar-refractivity contribution in [3.63, 3.8) is 0 Å². The van der Waals surface area contributed by atoms with Crippen LogP contribution < -0.4 is 11.1 Å². The molecule has 0 aromatic carbocycles. The molecule has 0 amide bonds. The Morgan fingerprint density at radius 1 is 1.53 bits per heavy atom. The average molecular weight is 249 g/mol. The van der Waals surface area contributed by atoms with Crippen molar-refractivity contribution in [3.05, 3.63) is 23.4 Å². The van der Waals surface area contributed by atoms with Crippen LogP contribution in [-0.2, 0) is 0 Å². The molecule has 3 N–H and O–H groups in total. The van der Waals surface area contributed by atoms with Gasteiger partial charge < -0.3 is 11.1 Å². The molecule has 1 fully saturated rings. The lowest BCUT2D eigenvalue weighted by atomic mass is 9.80. The molecule has 1 aromatic heterocycles. The van der Waals surface area contributed by atoms with Crippen molar-refractivity contribution in [2.24, 2.45) is 11.7 Å². The first kappa shape index (κ1) is 12.3. The first-order chi connectivity index (χ1) is 8.08. The van der Waals surface area contributed by atoms with E-state index in [-0.39, 0.29) is 0 Å². The minimum absolute atomic E-state index is 0.404. The van der Waals surface area contributed by atoms with Crippen molar-refractivity contribution in [2.75, 3.05) is 5.32 Å². The summed E-state index contributed by atoms with van der Waals surface area (Å²) in [5, 5.41) is 3.46. The molecule has 3 nitrogen and oxygen atoms in total. The Bertz CT molecular complexity index is 427. The quantitative estimate of drug-likeness (QED) is 0.805. The summed E-state index contributed by atoms with van der Waals surface area (Å²) in [5.41, 5.74) is 7.54. The van der Waals surface area contributed by atoms with E-state index in [9.17, 15) is 0 Å². The lowest BCUT2D eigenvalue weighted by Gasteiger charge is -2.32. The van der Waals surface area contributed by atoms with E-state index in [1.807, 2.05) is 19.1 Å². The predicted octanol–water partition coefficient (Wildman–Crippen LogP) is 2.62. The Morgan fingerprint density at radius 2 is 2.24 bits per heavy atom. The number of anilines is 1. The van der Waals surface area contributed by atoms with Gasteiger partial charge in [-0.2, -0.15) is 0 Å². The van der Waals surface area contributed by atoms with Gasteiger partial charge in [-0.1, -0.05) is 18.6 Å². The van der Waals surface area contributed by atoms with Gasteiger partial charge in [0.1, 0.15) is 10.8 Å². The predicted molar refractivity (Wildman–Crippen MR) is 75.3 cm³/mol. The van der Waals surface area contributed by atoms with Gasteiger partial charge >= 0.3 is 0 Å². The highest BCUT2D eigenvalue weighted by Crippen LogP contribution is 2.31. The topological polar surface area (TPSA) is 50.9 Å². The summed E-state index contributed by atoms with van der Waals surface area (Å²) in [6.07, 6.45) is 3.96. The first-order valence-corrected chi connectivity index (χ1v) is 6.52. The van der Waals surface area contributed by atoms with Crippen molar-refractivity contribution in [1.29, 1.82) is 0 Å². The molecule has 1 saturated carbocycles. The van der Waals surface area contributed by atoms with Crippen LogP contribution in [0.25, 0.3) is 0 Å². The fraction of sp³-hybridized carbons (Fsp3) is 0.538. The zero-order chi connectivity index (χ0) is 12.4. The third kappa shape index (κ3) is 2.75. The van der Waals surface area contributed by atoms with Crippen LogP contribution in [0.15, 0.2) is 12.1 Å². The Morgan fingerprint density at radius 3 is 2.76 bits per heavy atom. The van der Waals surface area contributed by atoms with Crippen LogP contribution in [0.3, 0.4) is 0 Å². The van der Waals surface area contributed by atoms with Crippen LogP contribution in [0.2, 0.25) is 0 Å². The highest BCUT2D eigenvalue weighted by Gasteiger charge is 2.24. The maximum absolute atomic E-state index is 5.71. The first-order valence-electron chi connectivity index (χ1n) is 6.12. The van der Waals surface area contributed by atoms with Crippen LogP contribution >= 0.6 is 12.2 Å². The molecular formula is C13H19N3S. The molecule has 1 unspecified atom stereocenters.